The van der Waals surface area contributed by atoms with Crippen molar-refractivity contribution in [1.82, 2.24) is 5.32 Å². The molecule has 1 fully saturated rings. The molecule has 2 aliphatic heterocycles. The first-order valence-corrected chi connectivity index (χ1v) is 12.9. The van der Waals surface area contributed by atoms with Gasteiger partial charge in [-0.1, -0.05) is 43.1 Å². The minimum Gasteiger partial charge on any atom is -0.496 e. The standard InChI is InChI=1S/C26H29Cl2N3O2S/c1-6-10-31-20-13-21(33-5)16(11-17(20)15(2)14-26(31,3)4)12-22-24(32)30-25(34-22)29-19-9-7-8-18(27)23(19)28/h7-9,11-13,15H,6,10,14H2,1-5H3,(H,29,30,32)/b22-12+. The molecule has 0 aliphatic carbocycles. The summed E-state index contributed by atoms with van der Waals surface area (Å²) < 4.78 is 5.76. The molecule has 1 atom stereocenters. The van der Waals surface area contributed by atoms with Crippen LogP contribution in [0.1, 0.15) is 57.6 Å². The Morgan fingerprint density at radius 3 is 2.79 bits per heavy atom. The molecule has 1 saturated heterocycles. The van der Waals surface area contributed by atoms with Gasteiger partial charge in [-0.2, -0.15) is 0 Å². The number of amides is 1. The van der Waals surface area contributed by atoms with Crippen LogP contribution in [0, 0.1) is 0 Å². The Bertz CT molecular complexity index is 1190. The summed E-state index contributed by atoms with van der Waals surface area (Å²) >= 11 is 13.6. The van der Waals surface area contributed by atoms with Crippen molar-refractivity contribution < 1.29 is 9.53 Å². The van der Waals surface area contributed by atoms with Gasteiger partial charge in [-0.3, -0.25) is 4.79 Å². The Balaban J connectivity index is 1.71. The first kappa shape index (κ1) is 25.0. The van der Waals surface area contributed by atoms with Crippen molar-refractivity contribution in [2.75, 3.05) is 18.6 Å². The molecule has 2 heterocycles. The number of anilines is 1. The van der Waals surface area contributed by atoms with Crippen LogP contribution in [0.25, 0.3) is 6.08 Å². The van der Waals surface area contributed by atoms with Crippen LogP contribution in [0.3, 0.4) is 0 Å². The number of hydrogen-bond acceptors (Lipinski definition) is 5. The fraction of sp³-hybridized carbons (Fsp3) is 0.385. The van der Waals surface area contributed by atoms with Gasteiger partial charge < -0.3 is 15.0 Å². The minimum absolute atomic E-state index is 0.0710. The summed E-state index contributed by atoms with van der Waals surface area (Å²) in [7, 11) is 1.67. The second kappa shape index (κ2) is 9.84. The Morgan fingerprint density at radius 1 is 1.32 bits per heavy atom. The third kappa shape index (κ3) is 4.81. The van der Waals surface area contributed by atoms with Crippen molar-refractivity contribution in [3.05, 3.63) is 56.4 Å². The number of methoxy groups -OCH3 is 1. The maximum absolute atomic E-state index is 12.7. The van der Waals surface area contributed by atoms with Crippen LogP contribution in [-0.4, -0.2) is 30.3 Å². The number of hydrogen-bond donors (Lipinski definition) is 1. The minimum atomic E-state index is -0.205. The highest BCUT2D eigenvalue weighted by Gasteiger charge is 2.36. The van der Waals surface area contributed by atoms with E-state index in [9.17, 15) is 4.79 Å². The Kier molecular flexibility index (Phi) is 7.22. The zero-order valence-electron chi connectivity index (χ0n) is 20.0. The van der Waals surface area contributed by atoms with Crippen molar-refractivity contribution in [2.24, 2.45) is 4.99 Å². The lowest BCUT2D eigenvalue weighted by Gasteiger charge is -2.47. The van der Waals surface area contributed by atoms with E-state index in [1.165, 1.54) is 23.0 Å². The number of amidine groups is 1. The van der Waals surface area contributed by atoms with Crippen LogP contribution in [0.5, 0.6) is 5.75 Å². The lowest BCUT2D eigenvalue weighted by Crippen LogP contribution is -2.48. The van der Waals surface area contributed by atoms with Gasteiger partial charge in [0.1, 0.15) is 5.75 Å². The molecule has 2 aromatic rings. The van der Waals surface area contributed by atoms with Crippen LogP contribution >= 0.6 is 35.0 Å². The van der Waals surface area contributed by atoms with E-state index < -0.39 is 0 Å². The predicted octanol–water partition coefficient (Wildman–Crippen LogP) is 7.40. The predicted molar refractivity (Wildman–Crippen MR) is 145 cm³/mol. The van der Waals surface area contributed by atoms with Gasteiger partial charge in [0.2, 0.25) is 0 Å². The highest BCUT2D eigenvalue weighted by atomic mass is 35.5. The molecule has 0 radical (unpaired) electrons. The summed E-state index contributed by atoms with van der Waals surface area (Å²) in [5, 5.41) is 4.05. The molecule has 1 amide bonds. The van der Waals surface area contributed by atoms with Crippen LogP contribution < -0.4 is 15.0 Å². The summed E-state index contributed by atoms with van der Waals surface area (Å²) in [6.07, 6.45) is 4.01. The van der Waals surface area contributed by atoms with Gasteiger partial charge in [-0.25, -0.2) is 4.99 Å². The molecule has 1 N–H and O–H groups in total. The van der Waals surface area contributed by atoms with Gasteiger partial charge in [-0.15, -0.1) is 0 Å². The van der Waals surface area contributed by atoms with E-state index in [1.54, 1.807) is 25.3 Å². The van der Waals surface area contributed by atoms with E-state index in [4.69, 9.17) is 27.9 Å². The number of aliphatic imine (C=N–C) groups is 1. The van der Waals surface area contributed by atoms with Crippen molar-refractivity contribution in [3.63, 3.8) is 0 Å². The average molecular weight is 519 g/mol. The largest absolute Gasteiger partial charge is 0.496 e. The maximum atomic E-state index is 12.7. The first-order valence-electron chi connectivity index (χ1n) is 11.4. The summed E-state index contributed by atoms with van der Waals surface area (Å²) in [5.74, 6) is 0.936. The monoisotopic (exact) mass is 517 g/mol. The van der Waals surface area contributed by atoms with Gasteiger partial charge in [0.15, 0.2) is 5.17 Å². The lowest BCUT2D eigenvalue weighted by molar-refractivity contribution is -0.115. The second-order valence-corrected chi connectivity index (χ2v) is 11.1. The number of benzene rings is 2. The van der Waals surface area contributed by atoms with E-state index in [1.807, 2.05) is 6.08 Å². The van der Waals surface area contributed by atoms with Crippen molar-refractivity contribution >= 4 is 63.5 Å². The molecule has 1 unspecified atom stereocenters. The summed E-state index contributed by atoms with van der Waals surface area (Å²) in [5.41, 5.74) is 3.96. The fourth-order valence-corrected chi connectivity index (χ4v) is 5.94. The normalized spacial score (nSPS) is 21.7. The maximum Gasteiger partial charge on any atom is 0.264 e. The van der Waals surface area contributed by atoms with Gasteiger partial charge >= 0.3 is 0 Å². The van der Waals surface area contributed by atoms with Crippen molar-refractivity contribution in [3.8, 4) is 5.75 Å². The molecule has 2 aromatic carbocycles. The third-order valence-electron chi connectivity index (χ3n) is 6.28. The smallest absolute Gasteiger partial charge is 0.264 e. The molecule has 2 aliphatic rings. The SMILES string of the molecule is CCCN1c2cc(OC)c(/C=C3/SC(=Nc4cccc(Cl)c4Cl)NC3=O)cc2C(C)CC1(C)C. The van der Waals surface area contributed by atoms with E-state index in [0.29, 0.717) is 31.7 Å². The number of rotatable bonds is 5. The summed E-state index contributed by atoms with van der Waals surface area (Å²) in [6, 6.07) is 9.51. The highest BCUT2D eigenvalue weighted by molar-refractivity contribution is 8.18. The molecule has 0 aromatic heterocycles. The lowest BCUT2D eigenvalue weighted by atomic mass is 9.79. The summed E-state index contributed by atoms with van der Waals surface area (Å²) in [6.45, 7) is 10.1. The van der Waals surface area contributed by atoms with Gasteiger partial charge in [-0.05, 0) is 74.2 Å². The molecule has 180 valence electrons. The zero-order valence-corrected chi connectivity index (χ0v) is 22.4. The van der Waals surface area contributed by atoms with E-state index in [2.05, 4.69) is 55.0 Å². The third-order valence-corrected chi connectivity index (χ3v) is 7.99. The molecule has 0 bridgehead atoms. The molecule has 5 nitrogen and oxygen atoms in total. The van der Waals surface area contributed by atoms with Gasteiger partial charge in [0.05, 0.1) is 27.7 Å². The van der Waals surface area contributed by atoms with E-state index >= 15 is 0 Å². The first-order chi connectivity index (χ1) is 16.1. The molecule has 4 rings (SSSR count). The van der Waals surface area contributed by atoms with Crippen LogP contribution in [-0.2, 0) is 4.79 Å². The number of fused-ring (bicyclic) bond motifs is 1. The topological polar surface area (TPSA) is 53.9 Å². The van der Waals surface area contributed by atoms with Crippen molar-refractivity contribution in [1.29, 1.82) is 0 Å². The second-order valence-electron chi connectivity index (χ2n) is 9.28. The Labute approximate surface area is 215 Å². The van der Waals surface area contributed by atoms with E-state index in [-0.39, 0.29) is 11.4 Å². The number of nitrogens with one attached hydrogen (secondary N) is 1. The molecular weight excluding hydrogens is 489 g/mol. The zero-order chi connectivity index (χ0) is 24.6. The molecule has 0 spiro atoms. The summed E-state index contributed by atoms with van der Waals surface area (Å²) in [4.78, 5) is 20.2. The number of carbonyl (C=O) groups is 1. The number of carbonyl (C=O) groups excluding carboxylic acids is 1. The molecule has 0 saturated carbocycles. The Morgan fingerprint density at radius 2 is 2.09 bits per heavy atom. The Hall–Kier alpha value is -2.15. The average Bonchev–Trinajstić information content (AvgIpc) is 3.12. The highest BCUT2D eigenvalue weighted by Crippen LogP contribution is 2.46. The van der Waals surface area contributed by atoms with Crippen molar-refractivity contribution in [2.45, 2.75) is 52.0 Å². The number of ether oxygens (including phenoxy) is 1. The molecule has 8 heteroatoms. The number of nitrogens with zero attached hydrogens (tertiary/aromatic N) is 2. The van der Waals surface area contributed by atoms with Crippen LogP contribution in [0.4, 0.5) is 11.4 Å². The molecular formula is C26H29Cl2N3O2S. The number of halogens is 2. The van der Waals surface area contributed by atoms with Gasteiger partial charge in [0, 0.05) is 29.4 Å². The van der Waals surface area contributed by atoms with E-state index in [0.717, 1.165) is 30.7 Å². The number of thioether (sulfide) groups is 1. The molecule has 34 heavy (non-hydrogen) atoms. The quantitative estimate of drug-likeness (QED) is 0.419. The van der Waals surface area contributed by atoms with Crippen LogP contribution in [0.15, 0.2) is 40.2 Å². The van der Waals surface area contributed by atoms with Gasteiger partial charge in [0.25, 0.3) is 5.91 Å². The van der Waals surface area contributed by atoms with Crippen LogP contribution in [0.2, 0.25) is 10.0 Å². The fourth-order valence-electron chi connectivity index (χ4n) is 4.77.